The van der Waals surface area contributed by atoms with Gasteiger partial charge in [0.2, 0.25) is 0 Å². The second kappa shape index (κ2) is 8.05. The molecule has 0 aliphatic rings. The quantitative estimate of drug-likeness (QED) is 0.508. The summed E-state index contributed by atoms with van der Waals surface area (Å²) in [6.45, 7) is 1.31. The van der Waals surface area contributed by atoms with E-state index in [-0.39, 0.29) is 28.6 Å². The minimum atomic E-state index is -4.01. The van der Waals surface area contributed by atoms with Crippen LogP contribution in [0.4, 0.5) is 13.2 Å². The number of alkyl halides is 3. The van der Waals surface area contributed by atoms with Gasteiger partial charge in [-0.1, -0.05) is 11.6 Å². The van der Waals surface area contributed by atoms with E-state index in [4.69, 9.17) is 32.7 Å². The maximum absolute atomic E-state index is 14.3. The molecule has 1 aromatic carbocycles. The molecule has 26 heavy (non-hydrogen) atoms. The monoisotopic (exact) mass is 412 g/mol. The predicted molar refractivity (Wildman–Crippen MR) is 87.2 cm³/mol. The summed E-state index contributed by atoms with van der Waals surface area (Å²) >= 11 is 10.6. The first-order chi connectivity index (χ1) is 12.1. The van der Waals surface area contributed by atoms with E-state index >= 15 is 0 Å². The number of aryl methyl sites for hydroxylation is 1. The maximum atomic E-state index is 14.3. The maximum Gasteiger partial charge on any atom is 0.487 e. The Balaban J connectivity index is 2.38. The summed E-state index contributed by atoms with van der Waals surface area (Å²) in [5, 5.41) is 3.76. The Morgan fingerprint density at radius 1 is 1.35 bits per heavy atom. The van der Waals surface area contributed by atoms with Crippen LogP contribution in [-0.2, 0) is 16.6 Å². The van der Waals surface area contributed by atoms with E-state index < -0.39 is 29.7 Å². The fourth-order valence-corrected chi connectivity index (χ4v) is 2.30. The molecule has 0 atom stereocenters. The molecule has 0 fully saturated rings. The van der Waals surface area contributed by atoms with Gasteiger partial charge in [0.15, 0.2) is 12.4 Å². The molecular formula is C15H13Cl2F3N2O4. The van der Waals surface area contributed by atoms with Crippen LogP contribution in [0.1, 0.15) is 6.92 Å². The molecule has 0 radical (unpaired) electrons. The van der Waals surface area contributed by atoms with Gasteiger partial charge in [0.05, 0.1) is 17.8 Å². The van der Waals surface area contributed by atoms with Crippen molar-refractivity contribution < 1.29 is 32.2 Å². The zero-order valence-corrected chi connectivity index (χ0v) is 15.1. The van der Waals surface area contributed by atoms with Crippen LogP contribution in [0.2, 0.25) is 5.02 Å². The molecule has 6 nitrogen and oxygen atoms in total. The molecule has 0 aliphatic heterocycles. The minimum Gasteiger partial charge on any atom is -0.480 e. The van der Waals surface area contributed by atoms with Gasteiger partial charge in [0.1, 0.15) is 17.3 Å². The molecule has 0 spiro atoms. The largest absolute Gasteiger partial charge is 0.487 e. The van der Waals surface area contributed by atoms with E-state index in [0.29, 0.717) is 0 Å². The second-order valence-corrected chi connectivity index (χ2v) is 5.77. The highest BCUT2D eigenvalue weighted by atomic mass is 35.5. The van der Waals surface area contributed by atoms with Gasteiger partial charge in [-0.3, -0.25) is 4.68 Å². The molecular weight excluding hydrogens is 400 g/mol. The number of hydrogen-bond acceptors (Lipinski definition) is 5. The van der Waals surface area contributed by atoms with Gasteiger partial charge in [-0.05, 0) is 19.1 Å². The summed E-state index contributed by atoms with van der Waals surface area (Å²) < 4.78 is 55.5. The van der Waals surface area contributed by atoms with Crippen molar-refractivity contribution in [3.05, 3.63) is 29.2 Å². The Bertz CT molecular complexity index is 809. The topological polar surface area (TPSA) is 62.6 Å². The Morgan fingerprint density at radius 2 is 2.04 bits per heavy atom. The van der Waals surface area contributed by atoms with Gasteiger partial charge >= 0.3 is 11.5 Å². The van der Waals surface area contributed by atoms with Crippen molar-refractivity contribution in [2.24, 2.45) is 7.05 Å². The molecule has 0 N–H and O–H groups in total. The van der Waals surface area contributed by atoms with Crippen LogP contribution in [0, 0.1) is 5.82 Å². The first-order valence-corrected chi connectivity index (χ1v) is 7.93. The van der Waals surface area contributed by atoms with Gasteiger partial charge in [-0.25, -0.2) is 9.18 Å². The van der Waals surface area contributed by atoms with Crippen LogP contribution in [-0.4, -0.2) is 34.5 Å². The van der Waals surface area contributed by atoms with Gasteiger partial charge in [-0.2, -0.15) is 5.10 Å². The SMILES string of the molecule is CCOC(=O)COc1cc(-c2nn(C)cc2OC(F)(F)Cl)c(F)cc1Cl. The van der Waals surface area contributed by atoms with E-state index in [1.807, 2.05) is 0 Å². The minimum absolute atomic E-state index is 0.0645. The summed E-state index contributed by atoms with van der Waals surface area (Å²) in [7, 11) is 1.43. The number of ether oxygens (including phenoxy) is 3. The molecule has 1 heterocycles. The summed E-state index contributed by atoms with van der Waals surface area (Å²) in [6, 6.07) is 2.01. The number of benzene rings is 1. The summed E-state index contributed by atoms with van der Waals surface area (Å²) in [6.07, 6.45) is 1.10. The van der Waals surface area contributed by atoms with E-state index in [9.17, 15) is 18.0 Å². The zero-order chi connectivity index (χ0) is 19.5. The van der Waals surface area contributed by atoms with E-state index in [0.717, 1.165) is 23.0 Å². The highest BCUT2D eigenvalue weighted by molar-refractivity contribution is 6.32. The van der Waals surface area contributed by atoms with Gasteiger partial charge in [0.25, 0.3) is 0 Å². The summed E-state index contributed by atoms with van der Waals surface area (Å²) in [5.41, 5.74) is -4.49. The van der Waals surface area contributed by atoms with Crippen LogP contribution in [0.25, 0.3) is 11.3 Å². The van der Waals surface area contributed by atoms with Crippen LogP contribution < -0.4 is 9.47 Å². The lowest BCUT2D eigenvalue weighted by Crippen LogP contribution is -2.16. The third-order valence-corrected chi connectivity index (χ3v) is 3.32. The van der Waals surface area contributed by atoms with Gasteiger partial charge in [0, 0.05) is 24.2 Å². The molecule has 0 saturated heterocycles. The highest BCUT2D eigenvalue weighted by Crippen LogP contribution is 2.38. The molecule has 2 rings (SSSR count). The second-order valence-electron chi connectivity index (χ2n) is 4.92. The fraction of sp³-hybridized carbons (Fsp3) is 0.333. The van der Waals surface area contributed by atoms with Crippen molar-refractivity contribution in [1.82, 2.24) is 9.78 Å². The van der Waals surface area contributed by atoms with E-state index in [1.54, 1.807) is 6.92 Å². The number of rotatable bonds is 7. The molecule has 0 unspecified atom stereocenters. The number of carbonyl (C=O) groups is 1. The van der Waals surface area contributed by atoms with Gasteiger partial charge < -0.3 is 14.2 Å². The normalized spacial score (nSPS) is 11.3. The molecule has 142 valence electrons. The Morgan fingerprint density at radius 3 is 2.65 bits per heavy atom. The third kappa shape index (κ3) is 5.18. The molecule has 2 aromatic rings. The molecule has 11 heteroatoms. The first kappa shape index (κ1) is 20.2. The van der Waals surface area contributed by atoms with Crippen molar-refractivity contribution >= 4 is 29.2 Å². The number of halogens is 5. The number of nitrogens with zero attached hydrogens (tertiary/aromatic N) is 2. The van der Waals surface area contributed by atoms with Crippen molar-refractivity contribution in [1.29, 1.82) is 0 Å². The molecule has 0 bridgehead atoms. The van der Waals surface area contributed by atoms with Crippen LogP contribution in [0.3, 0.4) is 0 Å². The van der Waals surface area contributed by atoms with Gasteiger partial charge in [-0.15, -0.1) is 8.78 Å². The van der Waals surface area contributed by atoms with Crippen molar-refractivity contribution in [2.75, 3.05) is 13.2 Å². The first-order valence-electron chi connectivity index (χ1n) is 7.18. The van der Waals surface area contributed by atoms with Crippen LogP contribution >= 0.6 is 23.2 Å². The van der Waals surface area contributed by atoms with Crippen molar-refractivity contribution in [3.8, 4) is 22.8 Å². The average Bonchev–Trinajstić information content (AvgIpc) is 2.85. The Hall–Kier alpha value is -2.13. The van der Waals surface area contributed by atoms with Crippen LogP contribution in [0.15, 0.2) is 18.3 Å². The van der Waals surface area contributed by atoms with Crippen molar-refractivity contribution in [2.45, 2.75) is 12.5 Å². The number of hydrogen-bond donors (Lipinski definition) is 0. The fourth-order valence-electron chi connectivity index (χ4n) is 2.01. The van der Waals surface area contributed by atoms with Crippen molar-refractivity contribution in [3.63, 3.8) is 0 Å². The standard InChI is InChI=1S/C15H13Cl2F3N2O4/c1-3-24-13(23)7-25-11-4-8(10(18)5-9(11)16)14-12(6-22(2)21-14)26-15(17,19)20/h4-6H,3,7H2,1-2H3. The van der Waals surface area contributed by atoms with Crippen LogP contribution in [0.5, 0.6) is 11.5 Å². The molecule has 0 amide bonds. The number of carbonyl (C=O) groups excluding carboxylic acids is 1. The lowest BCUT2D eigenvalue weighted by molar-refractivity contribution is -0.145. The van der Waals surface area contributed by atoms with E-state index in [2.05, 4.69) is 9.84 Å². The summed E-state index contributed by atoms with van der Waals surface area (Å²) in [5.74, 6) is -2.03. The number of aromatic nitrogens is 2. The smallest absolute Gasteiger partial charge is 0.480 e. The summed E-state index contributed by atoms with van der Waals surface area (Å²) in [4.78, 5) is 11.4. The lowest BCUT2D eigenvalue weighted by Gasteiger charge is -2.12. The third-order valence-electron chi connectivity index (χ3n) is 2.95. The average molecular weight is 413 g/mol. The zero-order valence-electron chi connectivity index (χ0n) is 13.6. The predicted octanol–water partition coefficient (Wildman–Crippen LogP) is 3.99. The lowest BCUT2D eigenvalue weighted by atomic mass is 10.1. The Kier molecular flexibility index (Phi) is 6.25. The highest BCUT2D eigenvalue weighted by Gasteiger charge is 2.31. The molecule has 1 aromatic heterocycles. The molecule has 0 aliphatic carbocycles. The Labute approximate surface area is 156 Å². The van der Waals surface area contributed by atoms with E-state index in [1.165, 1.54) is 7.05 Å². The number of esters is 1. The molecule has 0 saturated carbocycles.